The van der Waals surface area contributed by atoms with E-state index in [-0.39, 0.29) is 17.4 Å². The number of hydrogen-bond donors (Lipinski definition) is 1. The quantitative estimate of drug-likeness (QED) is 0.683. The lowest BCUT2D eigenvalue weighted by Gasteiger charge is -2.44. The van der Waals surface area contributed by atoms with E-state index in [0.717, 1.165) is 5.56 Å². The minimum Gasteiger partial charge on any atom is -0.348 e. The SMILES string of the molecule is Cc1cnccc1C1NC(=O)C1(C)C. The van der Waals surface area contributed by atoms with Gasteiger partial charge in [-0.25, -0.2) is 0 Å². The van der Waals surface area contributed by atoms with Gasteiger partial charge < -0.3 is 5.32 Å². The van der Waals surface area contributed by atoms with Gasteiger partial charge in [0.2, 0.25) is 5.91 Å². The Balaban J connectivity index is 2.35. The van der Waals surface area contributed by atoms with Gasteiger partial charge in [0.1, 0.15) is 0 Å². The van der Waals surface area contributed by atoms with E-state index in [0.29, 0.717) is 0 Å². The summed E-state index contributed by atoms with van der Waals surface area (Å²) in [6.07, 6.45) is 3.60. The second-order valence-corrected chi connectivity index (χ2v) is 4.36. The van der Waals surface area contributed by atoms with Crippen LogP contribution in [0.25, 0.3) is 0 Å². The van der Waals surface area contributed by atoms with Gasteiger partial charge in [-0.1, -0.05) is 0 Å². The first-order chi connectivity index (χ1) is 6.53. The van der Waals surface area contributed by atoms with Crippen molar-refractivity contribution in [3.8, 4) is 0 Å². The van der Waals surface area contributed by atoms with Gasteiger partial charge in [0.15, 0.2) is 0 Å². The number of rotatable bonds is 1. The molecule has 1 aromatic heterocycles. The minimum atomic E-state index is -0.286. The Bertz CT molecular complexity index is 385. The topological polar surface area (TPSA) is 42.0 Å². The van der Waals surface area contributed by atoms with Crippen LogP contribution in [0.2, 0.25) is 0 Å². The van der Waals surface area contributed by atoms with Crippen molar-refractivity contribution in [2.24, 2.45) is 5.41 Å². The fourth-order valence-electron chi connectivity index (χ4n) is 1.83. The van der Waals surface area contributed by atoms with Crippen molar-refractivity contribution in [1.82, 2.24) is 10.3 Å². The molecule has 0 spiro atoms. The number of nitrogens with one attached hydrogen (secondary N) is 1. The van der Waals surface area contributed by atoms with Gasteiger partial charge >= 0.3 is 0 Å². The third kappa shape index (κ3) is 1.12. The fraction of sp³-hybridized carbons (Fsp3) is 0.455. The molecule has 3 nitrogen and oxygen atoms in total. The zero-order chi connectivity index (χ0) is 10.3. The third-order valence-corrected chi connectivity index (χ3v) is 2.96. The molecule has 2 rings (SSSR count). The van der Waals surface area contributed by atoms with Crippen molar-refractivity contribution in [2.45, 2.75) is 26.8 Å². The summed E-state index contributed by atoms with van der Waals surface area (Å²) >= 11 is 0. The minimum absolute atomic E-state index is 0.124. The van der Waals surface area contributed by atoms with Gasteiger partial charge in [-0.2, -0.15) is 0 Å². The Morgan fingerprint density at radius 2 is 2.21 bits per heavy atom. The number of nitrogens with zero attached hydrogens (tertiary/aromatic N) is 1. The highest BCUT2D eigenvalue weighted by Crippen LogP contribution is 2.41. The molecule has 0 saturated carbocycles. The van der Waals surface area contributed by atoms with Gasteiger partial charge in [0, 0.05) is 12.4 Å². The molecule has 0 bridgehead atoms. The molecule has 0 radical (unpaired) electrons. The number of carbonyl (C=O) groups excluding carboxylic acids is 1. The zero-order valence-corrected chi connectivity index (χ0v) is 8.66. The van der Waals surface area contributed by atoms with Gasteiger partial charge in [-0.3, -0.25) is 9.78 Å². The zero-order valence-electron chi connectivity index (χ0n) is 8.66. The molecule has 1 N–H and O–H groups in total. The van der Waals surface area contributed by atoms with Crippen LogP contribution in [0.4, 0.5) is 0 Å². The molecule has 14 heavy (non-hydrogen) atoms. The largest absolute Gasteiger partial charge is 0.348 e. The molecule has 3 heteroatoms. The highest BCUT2D eigenvalue weighted by atomic mass is 16.2. The van der Waals surface area contributed by atoms with E-state index in [1.54, 1.807) is 6.20 Å². The standard InChI is InChI=1S/C11H14N2O/c1-7-6-12-5-4-8(7)9-11(2,3)10(14)13-9/h4-6,9H,1-3H3,(H,13,14). The Kier molecular flexibility index (Phi) is 1.84. The summed E-state index contributed by atoms with van der Waals surface area (Å²) in [5, 5.41) is 2.92. The highest BCUT2D eigenvalue weighted by Gasteiger charge is 2.48. The second-order valence-electron chi connectivity index (χ2n) is 4.36. The second kappa shape index (κ2) is 2.80. The molecule has 0 aromatic carbocycles. The van der Waals surface area contributed by atoms with Gasteiger partial charge in [0.05, 0.1) is 11.5 Å². The highest BCUT2D eigenvalue weighted by molar-refractivity contribution is 5.89. The maximum Gasteiger partial charge on any atom is 0.228 e. The lowest BCUT2D eigenvalue weighted by molar-refractivity contribution is -0.143. The van der Waals surface area contributed by atoms with E-state index in [9.17, 15) is 4.79 Å². The number of amides is 1. The van der Waals surface area contributed by atoms with E-state index in [1.165, 1.54) is 5.56 Å². The van der Waals surface area contributed by atoms with Crippen LogP contribution in [-0.4, -0.2) is 10.9 Å². The molecule has 0 aliphatic carbocycles. The van der Waals surface area contributed by atoms with Crippen molar-refractivity contribution in [1.29, 1.82) is 0 Å². The maximum absolute atomic E-state index is 11.3. The van der Waals surface area contributed by atoms with E-state index < -0.39 is 0 Å². The first-order valence-electron chi connectivity index (χ1n) is 4.75. The summed E-state index contributed by atoms with van der Waals surface area (Å²) in [5.74, 6) is 0.124. The lowest BCUT2D eigenvalue weighted by Crippen LogP contribution is -2.58. The summed E-state index contributed by atoms with van der Waals surface area (Å²) < 4.78 is 0. The molecule has 74 valence electrons. The van der Waals surface area contributed by atoms with E-state index >= 15 is 0 Å². The van der Waals surface area contributed by atoms with Crippen LogP contribution in [0.5, 0.6) is 0 Å². The number of β-lactam (4-membered cyclic amide) rings is 1. The smallest absolute Gasteiger partial charge is 0.228 e. The summed E-state index contributed by atoms with van der Waals surface area (Å²) in [4.78, 5) is 15.4. The molecule has 2 heterocycles. The molecule has 1 aliphatic heterocycles. The molecule has 1 atom stereocenters. The van der Waals surface area contributed by atoms with Crippen LogP contribution < -0.4 is 5.32 Å². The first-order valence-corrected chi connectivity index (χ1v) is 4.75. The van der Waals surface area contributed by atoms with Crippen molar-refractivity contribution in [2.75, 3.05) is 0 Å². The Morgan fingerprint density at radius 1 is 1.50 bits per heavy atom. The van der Waals surface area contributed by atoms with Crippen LogP contribution in [0.15, 0.2) is 18.5 Å². The Labute approximate surface area is 83.5 Å². The summed E-state index contributed by atoms with van der Waals surface area (Å²) in [6, 6.07) is 2.11. The number of carbonyl (C=O) groups is 1. The number of aryl methyl sites for hydroxylation is 1. The van der Waals surface area contributed by atoms with E-state index in [1.807, 2.05) is 33.0 Å². The van der Waals surface area contributed by atoms with Gasteiger partial charge in [-0.05, 0) is 38.0 Å². The molecule has 1 amide bonds. The van der Waals surface area contributed by atoms with Gasteiger partial charge in [-0.15, -0.1) is 0 Å². The summed E-state index contributed by atoms with van der Waals surface area (Å²) in [5.41, 5.74) is 2.02. The lowest BCUT2D eigenvalue weighted by atomic mass is 9.72. The number of pyridine rings is 1. The van der Waals surface area contributed by atoms with Crippen LogP contribution in [0.3, 0.4) is 0 Å². The predicted molar refractivity (Wildman–Crippen MR) is 53.6 cm³/mol. The normalized spacial score (nSPS) is 23.9. The summed E-state index contributed by atoms with van der Waals surface area (Å²) in [6.45, 7) is 5.95. The molecule has 1 aliphatic rings. The van der Waals surface area contributed by atoms with Crippen LogP contribution in [0, 0.1) is 12.3 Å². The van der Waals surface area contributed by atoms with Crippen molar-refractivity contribution < 1.29 is 4.79 Å². The van der Waals surface area contributed by atoms with Gasteiger partial charge in [0.25, 0.3) is 0 Å². The van der Waals surface area contributed by atoms with Crippen LogP contribution in [0.1, 0.15) is 31.0 Å². The van der Waals surface area contributed by atoms with Crippen LogP contribution >= 0.6 is 0 Å². The van der Waals surface area contributed by atoms with Crippen molar-refractivity contribution in [3.05, 3.63) is 29.6 Å². The first kappa shape index (κ1) is 9.19. The van der Waals surface area contributed by atoms with E-state index in [2.05, 4.69) is 10.3 Å². The molecular formula is C11H14N2O. The number of aromatic nitrogens is 1. The average molecular weight is 190 g/mol. The predicted octanol–water partition coefficient (Wildman–Crippen LogP) is 1.59. The van der Waals surface area contributed by atoms with E-state index in [4.69, 9.17) is 0 Å². The molecule has 1 unspecified atom stereocenters. The third-order valence-electron chi connectivity index (χ3n) is 2.96. The molecule has 1 aromatic rings. The number of hydrogen-bond acceptors (Lipinski definition) is 2. The maximum atomic E-state index is 11.3. The van der Waals surface area contributed by atoms with Crippen LogP contribution in [-0.2, 0) is 4.79 Å². The Morgan fingerprint density at radius 3 is 2.71 bits per heavy atom. The molecule has 1 fully saturated rings. The Hall–Kier alpha value is -1.38. The molecule has 1 saturated heterocycles. The molecular weight excluding hydrogens is 176 g/mol. The average Bonchev–Trinajstić information content (AvgIpc) is 2.16. The monoisotopic (exact) mass is 190 g/mol. The summed E-state index contributed by atoms with van der Waals surface area (Å²) in [7, 11) is 0. The fourth-order valence-corrected chi connectivity index (χ4v) is 1.83. The van der Waals surface area contributed by atoms with Crippen molar-refractivity contribution in [3.63, 3.8) is 0 Å². The van der Waals surface area contributed by atoms with Crippen molar-refractivity contribution >= 4 is 5.91 Å².